The fraction of sp³-hybridized carbons (Fsp3) is 0.435. The zero-order valence-corrected chi connectivity index (χ0v) is 18.3. The van der Waals surface area contributed by atoms with Crippen LogP contribution >= 0.6 is 11.6 Å². The summed E-state index contributed by atoms with van der Waals surface area (Å²) >= 11 is 5.95. The predicted molar refractivity (Wildman–Crippen MR) is 119 cm³/mol. The van der Waals surface area contributed by atoms with Gasteiger partial charge in [0.25, 0.3) is 5.91 Å². The second kappa shape index (κ2) is 8.64. The molecule has 30 heavy (non-hydrogen) atoms. The number of hydrogen-bond acceptors (Lipinski definition) is 4. The molecule has 0 saturated heterocycles. The molecule has 0 unspecified atom stereocenters. The van der Waals surface area contributed by atoms with Crippen LogP contribution in [0, 0.1) is 11.8 Å². The minimum Gasteiger partial charge on any atom is -0.494 e. The molecular formula is C23H27ClN4O2. The van der Waals surface area contributed by atoms with E-state index in [1.54, 1.807) is 13.2 Å². The summed E-state index contributed by atoms with van der Waals surface area (Å²) < 4.78 is 7.59. The lowest BCUT2D eigenvalue weighted by Crippen LogP contribution is -2.21. The minimum atomic E-state index is -0.290. The van der Waals surface area contributed by atoms with Crippen LogP contribution in [0.3, 0.4) is 0 Å². The summed E-state index contributed by atoms with van der Waals surface area (Å²) in [5.41, 5.74) is 1.85. The van der Waals surface area contributed by atoms with Crippen molar-refractivity contribution in [2.24, 2.45) is 11.8 Å². The molecule has 1 saturated carbocycles. The maximum atomic E-state index is 12.6. The third-order valence-electron chi connectivity index (χ3n) is 6.12. The summed E-state index contributed by atoms with van der Waals surface area (Å²) in [6.07, 6.45) is 9.85. The zero-order valence-electron chi connectivity index (χ0n) is 17.6. The Kier molecular flexibility index (Phi) is 5.95. The highest BCUT2D eigenvalue weighted by atomic mass is 35.5. The van der Waals surface area contributed by atoms with Gasteiger partial charge in [0.2, 0.25) is 0 Å². The first kappa shape index (κ1) is 20.7. The molecule has 6 nitrogen and oxygen atoms in total. The Hall–Kier alpha value is -2.60. The van der Waals surface area contributed by atoms with E-state index in [1.807, 2.05) is 12.1 Å². The van der Waals surface area contributed by atoms with Crippen molar-refractivity contribution in [1.82, 2.24) is 14.8 Å². The zero-order chi connectivity index (χ0) is 21.3. The molecule has 4 rings (SSSR count). The van der Waals surface area contributed by atoms with Crippen LogP contribution in [0.1, 0.15) is 55.9 Å². The van der Waals surface area contributed by atoms with E-state index in [2.05, 4.69) is 35.0 Å². The lowest BCUT2D eigenvalue weighted by atomic mass is 9.80. The van der Waals surface area contributed by atoms with Gasteiger partial charge in [0.15, 0.2) is 0 Å². The number of amides is 1. The molecule has 0 aliphatic heterocycles. The van der Waals surface area contributed by atoms with E-state index in [-0.39, 0.29) is 5.91 Å². The lowest BCUT2D eigenvalue weighted by Gasteiger charge is -2.30. The summed E-state index contributed by atoms with van der Waals surface area (Å²) in [5.74, 6) is 1.84. The number of aromatic nitrogens is 3. The van der Waals surface area contributed by atoms with Gasteiger partial charge in [-0.05, 0) is 49.7 Å². The van der Waals surface area contributed by atoms with E-state index in [9.17, 15) is 4.79 Å². The number of halogens is 1. The summed E-state index contributed by atoms with van der Waals surface area (Å²) in [5, 5.41) is 9.09. The molecule has 1 N–H and O–H groups in total. The van der Waals surface area contributed by atoms with Crippen molar-refractivity contribution in [3.05, 3.63) is 47.4 Å². The molecule has 0 atom stereocenters. The molecular weight excluding hydrogens is 400 g/mol. The van der Waals surface area contributed by atoms with Gasteiger partial charge < -0.3 is 10.1 Å². The van der Waals surface area contributed by atoms with Crippen LogP contribution < -0.4 is 10.1 Å². The molecule has 1 aliphatic carbocycles. The maximum absolute atomic E-state index is 12.6. The van der Waals surface area contributed by atoms with E-state index in [0.29, 0.717) is 28.1 Å². The topological polar surface area (TPSA) is 69.0 Å². The highest BCUT2D eigenvalue weighted by Gasteiger charge is 2.25. The summed E-state index contributed by atoms with van der Waals surface area (Å²) in [7, 11) is 1.59. The Labute approximate surface area is 181 Å². The van der Waals surface area contributed by atoms with Gasteiger partial charge in [0.05, 0.1) is 34.9 Å². The van der Waals surface area contributed by atoms with Crippen molar-refractivity contribution in [3.8, 4) is 5.75 Å². The standard InChI is InChI=1S/C23H27ClN4O2/c1-14(2)15-4-6-19(7-5-15)28-13-17-9-21(22(30-3)10-20(17)27-28)26-23(29)16-8-18(24)12-25-11-16/h8-15,19H,4-7H2,1-3H3,(H,26,29)/t15-,19-. The molecule has 7 heteroatoms. The minimum absolute atomic E-state index is 0.290. The number of carbonyl (C=O) groups is 1. The van der Waals surface area contributed by atoms with Crippen molar-refractivity contribution in [2.45, 2.75) is 45.6 Å². The summed E-state index contributed by atoms with van der Waals surface area (Å²) in [4.78, 5) is 16.6. The average Bonchev–Trinajstić information content (AvgIpc) is 3.16. The first-order chi connectivity index (χ1) is 14.4. The van der Waals surface area contributed by atoms with Crippen molar-refractivity contribution < 1.29 is 9.53 Å². The number of nitrogens with zero attached hydrogens (tertiary/aromatic N) is 3. The normalized spacial score (nSPS) is 19.2. The summed E-state index contributed by atoms with van der Waals surface area (Å²) in [6, 6.07) is 5.79. The van der Waals surface area contributed by atoms with Gasteiger partial charge in [-0.2, -0.15) is 5.10 Å². The Morgan fingerprint density at radius 2 is 1.97 bits per heavy atom. The average molecular weight is 427 g/mol. The predicted octanol–water partition coefficient (Wildman–Crippen LogP) is 5.73. The third kappa shape index (κ3) is 4.29. The number of benzene rings is 1. The second-order valence-corrected chi connectivity index (χ2v) is 8.82. The Morgan fingerprint density at radius 3 is 2.63 bits per heavy atom. The number of hydrogen-bond donors (Lipinski definition) is 1. The number of rotatable bonds is 5. The third-order valence-corrected chi connectivity index (χ3v) is 6.32. The lowest BCUT2D eigenvalue weighted by molar-refractivity contribution is 0.102. The Bertz CT molecular complexity index is 1050. The number of anilines is 1. The first-order valence-electron chi connectivity index (χ1n) is 10.4. The largest absolute Gasteiger partial charge is 0.494 e. The molecule has 0 bridgehead atoms. The number of ether oxygens (including phenoxy) is 1. The Balaban J connectivity index is 1.57. The fourth-order valence-corrected chi connectivity index (χ4v) is 4.46. The van der Waals surface area contributed by atoms with Crippen molar-refractivity contribution in [2.75, 3.05) is 12.4 Å². The number of methoxy groups -OCH3 is 1. The Morgan fingerprint density at radius 1 is 1.20 bits per heavy atom. The van der Waals surface area contributed by atoms with Crippen molar-refractivity contribution in [1.29, 1.82) is 0 Å². The van der Waals surface area contributed by atoms with Crippen LogP contribution in [-0.2, 0) is 0 Å². The fourth-order valence-electron chi connectivity index (χ4n) is 4.29. The van der Waals surface area contributed by atoms with Crippen molar-refractivity contribution >= 4 is 34.1 Å². The molecule has 2 aromatic heterocycles. The van der Waals surface area contributed by atoms with Gasteiger partial charge in [-0.15, -0.1) is 0 Å². The van der Waals surface area contributed by atoms with Gasteiger partial charge in [0.1, 0.15) is 5.75 Å². The summed E-state index contributed by atoms with van der Waals surface area (Å²) in [6.45, 7) is 4.63. The maximum Gasteiger partial charge on any atom is 0.257 e. The van der Waals surface area contributed by atoms with Crippen LogP contribution in [0.15, 0.2) is 36.8 Å². The molecule has 3 aromatic rings. The monoisotopic (exact) mass is 426 g/mol. The highest BCUT2D eigenvalue weighted by molar-refractivity contribution is 6.30. The van der Waals surface area contributed by atoms with Crippen LogP contribution in [0.25, 0.3) is 10.9 Å². The van der Waals surface area contributed by atoms with E-state index < -0.39 is 0 Å². The second-order valence-electron chi connectivity index (χ2n) is 8.38. The van der Waals surface area contributed by atoms with E-state index in [4.69, 9.17) is 21.4 Å². The van der Waals surface area contributed by atoms with Crippen LogP contribution in [0.5, 0.6) is 5.75 Å². The molecule has 158 valence electrons. The molecule has 1 fully saturated rings. The number of carbonyl (C=O) groups excluding carboxylic acids is 1. The van der Waals surface area contributed by atoms with Gasteiger partial charge in [-0.3, -0.25) is 14.5 Å². The smallest absolute Gasteiger partial charge is 0.257 e. The number of pyridine rings is 1. The molecule has 1 aliphatic rings. The quantitative estimate of drug-likeness (QED) is 0.565. The van der Waals surface area contributed by atoms with Crippen LogP contribution in [0.4, 0.5) is 5.69 Å². The van der Waals surface area contributed by atoms with Gasteiger partial charge >= 0.3 is 0 Å². The SMILES string of the molecule is COc1cc2nn([C@H]3CC[C@H](C(C)C)CC3)cc2cc1NC(=O)c1cncc(Cl)c1. The molecule has 1 aromatic carbocycles. The number of fused-ring (bicyclic) bond motifs is 1. The molecule has 2 heterocycles. The number of nitrogens with one attached hydrogen (secondary N) is 1. The molecule has 0 spiro atoms. The van der Waals surface area contributed by atoms with Crippen molar-refractivity contribution in [3.63, 3.8) is 0 Å². The molecule has 1 amide bonds. The van der Waals surface area contributed by atoms with Gasteiger partial charge in [-0.1, -0.05) is 25.4 Å². The van der Waals surface area contributed by atoms with E-state index >= 15 is 0 Å². The van der Waals surface area contributed by atoms with E-state index in [1.165, 1.54) is 25.2 Å². The van der Waals surface area contributed by atoms with Gasteiger partial charge in [-0.25, -0.2) is 0 Å². The molecule has 0 radical (unpaired) electrons. The van der Waals surface area contributed by atoms with Crippen LogP contribution in [-0.4, -0.2) is 27.8 Å². The van der Waals surface area contributed by atoms with Crippen LogP contribution in [0.2, 0.25) is 5.02 Å². The highest BCUT2D eigenvalue weighted by Crippen LogP contribution is 2.37. The first-order valence-corrected chi connectivity index (χ1v) is 10.8. The van der Waals surface area contributed by atoms with E-state index in [0.717, 1.165) is 35.6 Å². The van der Waals surface area contributed by atoms with Gasteiger partial charge in [0, 0.05) is 30.0 Å².